The van der Waals surface area contributed by atoms with Crippen molar-refractivity contribution in [1.29, 1.82) is 0 Å². The first kappa shape index (κ1) is 8.20. The first-order valence-corrected chi connectivity index (χ1v) is 2.61. The predicted molar refractivity (Wildman–Crippen MR) is 33.7 cm³/mol. The van der Waals surface area contributed by atoms with Crippen LogP contribution in [0, 0.1) is 5.92 Å². The fourth-order valence-corrected chi connectivity index (χ4v) is 0.402. The molecule has 2 N–H and O–H groups in total. The lowest BCUT2D eigenvalue weighted by Crippen LogP contribution is -2.20. The predicted octanol–water partition coefficient (Wildman–Crippen LogP) is -0.807. The van der Waals surface area contributed by atoms with Crippen molar-refractivity contribution in [2.24, 2.45) is 11.7 Å². The van der Waals surface area contributed by atoms with Gasteiger partial charge in [-0.15, -0.1) is 0 Å². The highest BCUT2D eigenvalue weighted by Crippen LogP contribution is 1.98. The van der Waals surface area contributed by atoms with E-state index in [-0.39, 0.29) is 6.42 Å². The van der Waals surface area contributed by atoms with Crippen LogP contribution in [-0.2, 0) is 9.59 Å². The molecule has 0 heterocycles. The molecule has 4 heteroatoms. The lowest BCUT2D eigenvalue weighted by molar-refractivity contribution is -0.123. The van der Waals surface area contributed by atoms with Gasteiger partial charge in [-0.3, -0.25) is 4.79 Å². The number of hydrogen-bond acceptors (Lipinski definition) is 2. The highest BCUT2D eigenvalue weighted by molar-refractivity contribution is 6.58. The van der Waals surface area contributed by atoms with E-state index in [9.17, 15) is 9.59 Å². The molecule has 0 aliphatic rings. The molecule has 3 nitrogen and oxygen atoms in total. The third-order valence-corrected chi connectivity index (χ3v) is 0.993. The maximum absolute atomic E-state index is 10.2. The molecule has 0 aromatic rings. The zero-order valence-corrected chi connectivity index (χ0v) is 5.26. The Hall–Kier alpha value is -0.795. The fraction of sp³-hybridized carbons (Fsp3) is 0.600. The second kappa shape index (κ2) is 3.27. The summed E-state index contributed by atoms with van der Waals surface area (Å²) in [6.07, 6.45) is 0.0370. The highest BCUT2D eigenvalue weighted by atomic mass is 16.1. The molecule has 0 aromatic heterocycles. The molecular weight excluding hydrogens is 117 g/mol. The van der Waals surface area contributed by atoms with Crippen LogP contribution in [0.1, 0.15) is 13.3 Å². The summed E-state index contributed by atoms with van der Waals surface area (Å²) < 4.78 is 0. The van der Waals surface area contributed by atoms with Crippen molar-refractivity contribution in [2.45, 2.75) is 13.3 Å². The summed E-state index contributed by atoms with van der Waals surface area (Å²) in [6, 6.07) is 0. The van der Waals surface area contributed by atoms with E-state index in [1.165, 1.54) is 0 Å². The molecule has 0 rings (SSSR count). The van der Waals surface area contributed by atoms with Gasteiger partial charge in [0.2, 0.25) is 5.91 Å². The Morgan fingerprint density at radius 1 is 1.67 bits per heavy atom. The summed E-state index contributed by atoms with van der Waals surface area (Å²) >= 11 is 0. The summed E-state index contributed by atoms with van der Waals surface area (Å²) in [4.78, 5) is 20.4. The van der Waals surface area contributed by atoms with E-state index in [2.05, 4.69) is 0 Å². The number of carbonyl (C=O) groups excluding carboxylic acids is 2. The van der Waals surface area contributed by atoms with E-state index >= 15 is 0 Å². The Balaban J connectivity index is 3.63. The molecule has 0 aromatic carbocycles. The molecule has 48 valence electrons. The van der Waals surface area contributed by atoms with Gasteiger partial charge in [0.25, 0.3) is 0 Å². The molecule has 0 aliphatic carbocycles. The Labute approximate surface area is 55.0 Å². The molecule has 1 atom stereocenters. The van der Waals surface area contributed by atoms with Crippen LogP contribution < -0.4 is 5.73 Å². The van der Waals surface area contributed by atoms with Gasteiger partial charge < -0.3 is 10.5 Å². The average molecular weight is 125 g/mol. The van der Waals surface area contributed by atoms with Crippen LogP contribution in [0.5, 0.6) is 0 Å². The minimum atomic E-state index is -0.499. The number of rotatable bonds is 3. The number of hydrogen-bond donors (Lipinski definition) is 1. The van der Waals surface area contributed by atoms with E-state index < -0.39 is 17.5 Å². The minimum absolute atomic E-state index is 0.0370. The SMILES string of the molecule is [B]C(=O)[C@@H](C)CC(N)=O. The zero-order chi connectivity index (χ0) is 7.44. The Morgan fingerprint density at radius 3 is 2.22 bits per heavy atom. The summed E-state index contributed by atoms with van der Waals surface area (Å²) in [7, 11) is 4.84. The zero-order valence-electron chi connectivity index (χ0n) is 5.26. The summed E-state index contributed by atoms with van der Waals surface area (Å²) in [5.41, 5.74) is 4.29. The van der Waals surface area contributed by atoms with E-state index in [0.717, 1.165) is 0 Å². The molecule has 9 heavy (non-hydrogen) atoms. The second-order valence-electron chi connectivity index (χ2n) is 1.97. The van der Waals surface area contributed by atoms with Gasteiger partial charge in [0, 0.05) is 12.3 Å². The molecule has 0 saturated carbocycles. The van der Waals surface area contributed by atoms with Gasteiger partial charge in [0.15, 0.2) is 7.85 Å². The molecular formula is C5H8BNO2. The highest BCUT2D eigenvalue weighted by Gasteiger charge is 2.08. The second-order valence-corrected chi connectivity index (χ2v) is 1.97. The van der Waals surface area contributed by atoms with Crippen molar-refractivity contribution in [3.05, 3.63) is 0 Å². The van der Waals surface area contributed by atoms with E-state index in [1.807, 2.05) is 0 Å². The number of carbonyl (C=O) groups is 2. The van der Waals surface area contributed by atoms with Crippen molar-refractivity contribution in [1.82, 2.24) is 0 Å². The quantitative estimate of drug-likeness (QED) is 0.501. The van der Waals surface area contributed by atoms with Gasteiger partial charge in [-0.2, -0.15) is 0 Å². The fourth-order valence-electron chi connectivity index (χ4n) is 0.402. The van der Waals surface area contributed by atoms with Crippen LogP contribution in [0.25, 0.3) is 0 Å². The van der Waals surface area contributed by atoms with Gasteiger partial charge in [-0.05, 0) is 0 Å². The van der Waals surface area contributed by atoms with Gasteiger partial charge in [0.05, 0.1) is 5.68 Å². The van der Waals surface area contributed by atoms with E-state index in [4.69, 9.17) is 13.6 Å². The maximum Gasteiger partial charge on any atom is 0.218 e. The van der Waals surface area contributed by atoms with Crippen LogP contribution in [0.4, 0.5) is 0 Å². The van der Waals surface area contributed by atoms with Gasteiger partial charge in [-0.1, -0.05) is 6.92 Å². The number of primary amides is 1. The largest absolute Gasteiger partial charge is 0.370 e. The average Bonchev–Trinajstić information content (AvgIpc) is 1.63. The number of amides is 1. The molecule has 1 amide bonds. The van der Waals surface area contributed by atoms with Crippen molar-refractivity contribution in [3.63, 3.8) is 0 Å². The first-order valence-electron chi connectivity index (χ1n) is 2.61. The Bertz CT molecular complexity index is 135. The summed E-state index contributed by atoms with van der Waals surface area (Å²) in [6.45, 7) is 1.56. The van der Waals surface area contributed by atoms with Crippen molar-refractivity contribution >= 4 is 19.4 Å². The number of nitrogens with two attached hydrogens (primary N) is 1. The first-order chi connectivity index (χ1) is 4.04. The molecule has 2 radical (unpaired) electrons. The molecule has 0 aliphatic heterocycles. The third kappa shape index (κ3) is 3.76. The standard InChI is InChI=1S/C5H8BNO2/c1-3(5(6)9)2-4(7)8/h3H,2H2,1H3,(H2,7,8)/t3-/m0/s1. The van der Waals surface area contributed by atoms with Crippen molar-refractivity contribution in [2.75, 3.05) is 0 Å². The maximum atomic E-state index is 10.2. The van der Waals surface area contributed by atoms with E-state index in [0.29, 0.717) is 0 Å². The Kier molecular flexibility index (Phi) is 2.98. The van der Waals surface area contributed by atoms with Crippen molar-refractivity contribution in [3.8, 4) is 0 Å². The van der Waals surface area contributed by atoms with Crippen molar-refractivity contribution < 1.29 is 9.59 Å². The Morgan fingerprint density at radius 2 is 2.11 bits per heavy atom. The van der Waals surface area contributed by atoms with Gasteiger partial charge >= 0.3 is 0 Å². The normalized spacial score (nSPS) is 12.6. The summed E-state index contributed by atoms with van der Waals surface area (Å²) in [5.74, 6) is -0.941. The lowest BCUT2D eigenvalue weighted by Gasteiger charge is -2.01. The smallest absolute Gasteiger partial charge is 0.218 e. The monoisotopic (exact) mass is 125 g/mol. The topological polar surface area (TPSA) is 60.2 Å². The molecule has 0 unspecified atom stereocenters. The summed E-state index contributed by atoms with van der Waals surface area (Å²) in [5, 5.41) is 0. The molecule has 0 spiro atoms. The van der Waals surface area contributed by atoms with E-state index in [1.54, 1.807) is 6.92 Å². The van der Waals surface area contributed by atoms with Gasteiger partial charge in [0.1, 0.15) is 0 Å². The van der Waals surface area contributed by atoms with Crippen LogP contribution >= 0.6 is 0 Å². The third-order valence-electron chi connectivity index (χ3n) is 0.993. The molecule has 0 saturated heterocycles. The van der Waals surface area contributed by atoms with Crippen LogP contribution in [0.2, 0.25) is 0 Å². The minimum Gasteiger partial charge on any atom is -0.370 e. The lowest BCUT2D eigenvalue weighted by atomic mass is 9.88. The molecule has 0 fully saturated rings. The van der Waals surface area contributed by atoms with Crippen LogP contribution in [0.3, 0.4) is 0 Å². The van der Waals surface area contributed by atoms with Crippen LogP contribution in [0.15, 0.2) is 0 Å². The van der Waals surface area contributed by atoms with Gasteiger partial charge in [-0.25, -0.2) is 0 Å². The molecule has 0 bridgehead atoms. The van der Waals surface area contributed by atoms with Crippen LogP contribution in [-0.4, -0.2) is 19.4 Å².